The van der Waals surface area contributed by atoms with Gasteiger partial charge in [-0.25, -0.2) is 13.1 Å². The van der Waals surface area contributed by atoms with Crippen LogP contribution in [0.25, 0.3) is 0 Å². The Labute approximate surface area is 154 Å². The summed E-state index contributed by atoms with van der Waals surface area (Å²) in [5.41, 5.74) is -0.191. The molecule has 10 heteroatoms. The Kier molecular flexibility index (Phi) is 7.13. The van der Waals surface area contributed by atoms with Crippen LogP contribution in [0.2, 0.25) is 0 Å². The number of ether oxygens (including phenoxy) is 1. The lowest BCUT2D eigenvalue weighted by Crippen LogP contribution is -2.26. The van der Waals surface area contributed by atoms with E-state index >= 15 is 0 Å². The predicted molar refractivity (Wildman–Crippen MR) is 97.7 cm³/mol. The van der Waals surface area contributed by atoms with E-state index in [0.29, 0.717) is 5.75 Å². The van der Waals surface area contributed by atoms with Gasteiger partial charge in [0.1, 0.15) is 5.75 Å². The molecule has 0 saturated carbocycles. The lowest BCUT2D eigenvalue weighted by molar-refractivity contribution is -0.384. The molecule has 2 aromatic rings. The molecule has 0 unspecified atom stereocenters. The minimum Gasteiger partial charge on any atom is -0.485 e. The summed E-state index contributed by atoms with van der Waals surface area (Å²) >= 11 is 0.958. The summed E-state index contributed by atoms with van der Waals surface area (Å²) in [5.74, 6) is 0.823. The van der Waals surface area contributed by atoms with E-state index in [-0.39, 0.29) is 34.6 Å². The Morgan fingerprint density at radius 2 is 1.77 bits per heavy atom. The molecule has 138 valence electrons. The predicted octanol–water partition coefficient (Wildman–Crippen LogP) is 2.21. The first-order valence-electron chi connectivity index (χ1n) is 7.46. The second-order valence-electron chi connectivity index (χ2n) is 4.97. The molecule has 0 saturated heterocycles. The zero-order valence-corrected chi connectivity index (χ0v) is 15.2. The van der Waals surface area contributed by atoms with E-state index in [4.69, 9.17) is 4.74 Å². The molecule has 26 heavy (non-hydrogen) atoms. The monoisotopic (exact) mass is 396 g/mol. The van der Waals surface area contributed by atoms with Gasteiger partial charge in [0.25, 0.3) is 5.69 Å². The van der Waals surface area contributed by atoms with Crippen LogP contribution in [0, 0.1) is 10.1 Å². The minimum atomic E-state index is -3.78. The van der Waals surface area contributed by atoms with Crippen LogP contribution >= 0.6 is 11.8 Å². The average molecular weight is 396 g/mol. The zero-order chi connectivity index (χ0) is 19.0. The number of rotatable bonds is 9. The van der Waals surface area contributed by atoms with E-state index in [9.17, 15) is 23.3 Å². The fourth-order valence-electron chi connectivity index (χ4n) is 1.87. The SMILES string of the molecule is O=C(COc1ccccc1)SCCNS(=O)(=O)c1ccc([N+](=O)[O-])cc1. The number of carbonyl (C=O) groups is 1. The molecular weight excluding hydrogens is 380 g/mol. The third kappa shape index (κ3) is 6.14. The molecule has 0 amide bonds. The molecule has 0 aliphatic rings. The maximum Gasteiger partial charge on any atom is 0.269 e. The molecule has 8 nitrogen and oxygen atoms in total. The molecule has 0 radical (unpaired) electrons. The summed E-state index contributed by atoms with van der Waals surface area (Å²) in [4.78, 5) is 21.6. The Hall–Kier alpha value is -2.43. The van der Waals surface area contributed by atoms with Crippen molar-refractivity contribution in [3.8, 4) is 5.75 Å². The van der Waals surface area contributed by atoms with Crippen LogP contribution in [-0.4, -0.2) is 37.4 Å². The number of nitro benzene ring substituents is 1. The van der Waals surface area contributed by atoms with E-state index in [0.717, 1.165) is 36.0 Å². The minimum absolute atomic E-state index is 0.0427. The second kappa shape index (κ2) is 9.32. The van der Waals surface area contributed by atoms with Crippen molar-refractivity contribution >= 4 is 32.6 Å². The molecule has 0 aliphatic carbocycles. The quantitative estimate of drug-likeness (QED) is 0.392. The molecule has 0 heterocycles. The first-order chi connectivity index (χ1) is 12.4. The normalized spacial score (nSPS) is 11.1. The van der Waals surface area contributed by atoms with Crippen LogP contribution < -0.4 is 9.46 Å². The number of sulfonamides is 1. The zero-order valence-electron chi connectivity index (χ0n) is 13.5. The highest BCUT2D eigenvalue weighted by Gasteiger charge is 2.15. The number of carbonyl (C=O) groups excluding carboxylic acids is 1. The molecule has 0 bridgehead atoms. The molecule has 2 rings (SSSR count). The Balaban J connectivity index is 1.74. The summed E-state index contributed by atoms with van der Waals surface area (Å²) in [5, 5.41) is 10.4. The van der Waals surface area contributed by atoms with Gasteiger partial charge in [-0.15, -0.1) is 0 Å². The fourth-order valence-corrected chi connectivity index (χ4v) is 3.61. The van der Waals surface area contributed by atoms with Gasteiger partial charge in [-0.1, -0.05) is 30.0 Å². The molecule has 0 aliphatic heterocycles. The van der Waals surface area contributed by atoms with Crippen LogP contribution in [0.3, 0.4) is 0 Å². The average Bonchev–Trinajstić information content (AvgIpc) is 2.64. The van der Waals surface area contributed by atoms with E-state index < -0.39 is 14.9 Å². The van der Waals surface area contributed by atoms with Crippen molar-refractivity contribution < 1.29 is 22.9 Å². The third-order valence-electron chi connectivity index (χ3n) is 3.11. The maximum atomic E-state index is 12.1. The molecule has 1 N–H and O–H groups in total. The highest BCUT2D eigenvalue weighted by Crippen LogP contribution is 2.15. The highest BCUT2D eigenvalue weighted by atomic mass is 32.2. The number of benzene rings is 2. The lowest BCUT2D eigenvalue weighted by Gasteiger charge is -2.07. The standard InChI is InChI=1S/C16H16N2O6S2/c19-16(12-24-14-4-2-1-3-5-14)25-11-10-17-26(22,23)15-8-6-13(7-9-15)18(20)21/h1-9,17H,10-12H2. The summed E-state index contributed by atoms with van der Waals surface area (Å²) in [6.07, 6.45) is 0. The van der Waals surface area contributed by atoms with Gasteiger partial charge in [0.15, 0.2) is 6.61 Å². The molecule has 0 fully saturated rings. The van der Waals surface area contributed by atoms with Gasteiger partial charge >= 0.3 is 0 Å². The maximum absolute atomic E-state index is 12.1. The summed E-state index contributed by atoms with van der Waals surface area (Å²) in [7, 11) is -3.78. The van der Waals surface area contributed by atoms with Gasteiger partial charge in [-0.3, -0.25) is 14.9 Å². The number of thioether (sulfide) groups is 1. The Bertz CT molecular complexity index is 854. The topological polar surface area (TPSA) is 116 Å². The van der Waals surface area contributed by atoms with Crippen LogP contribution in [-0.2, 0) is 14.8 Å². The fraction of sp³-hybridized carbons (Fsp3) is 0.188. The van der Waals surface area contributed by atoms with Crippen molar-refractivity contribution in [1.29, 1.82) is 0 Å². The molecule has 2 aromatic carbocycles. The van der Waals surface area contributed by atoms with E-state index in [1.807, 2.05) is 6.07 Å². The number of nitrogens with one attached hydrogen (secondary N) is 1. The molecular formula is C16H16N2O6S2. The number of nitro groups is 1. The lowest BCUT2D eigenvalue weighted by atomic mass is 10.3. The Morgan fingerprint density at radius 3 is 2.38 bits per heavy atom. The van der Waals surface area contributed by atoms with Crippen molar-refractivity contribution in [2.45, 2.75) is 4.90 Å². The van der Waals surface area contributed by atoms with Crippen molar-refractivity contribution in [3.05, 3.63) is 64.7 Å². The molecule has 0 atom stereocenters. The van der Waals surface area contributed by atoms with Crippen molar-refractivity contribution in [2.24, 2.45) is 0 Å². The number of para-hydroxylation sites is 1. The van der Waals surface area contributed by atoms with Crippen LogP contribution in [0.15, 0.2) is 59.5 Å². The summed E-state index contributed by atoms with van der Waals surface area (Å²) in [6, 6.07) is 13.4. The second-order valence-corrected chi connectivity index (χ2v) is 7.89. The van der Waals surface area contributed by atoms with E-state index in [1.54, 1.807) is 24.3 Å². The summed E-state index contributed by atoms with van der Waals surface area (Å²) in [6.45, 7) is -0.0646. The van der Waals surface area contributed by atoms with Crippen LogP contribution in [0.4, 0.5) is 5.69 Å². The van der Waals surface area contributed by atoms with Gasteiger partial charge in [0.2, 0.25) is 15.1 Å². The van der Waals surface area contributed by atoms with Crippen molar-refractivity contribution in [3.63, 3.8) is 0 Å². The number of hydrogen-bond donors (Lipinski definition) is 1. The van der Waals surface area contributed by atoms with Gasteiger partial charge in [0, 0.05) is 24.4 Å². The highest BCUT2D eigenvalue weighted by molar-refractivity contribution is 8.13. The van der Waals surface area contributed by atoms with Gasteiger partial charge in [-0.2, -0.15) is 0 Å². The smallest absolute Gasteiger partial charge is 0.269 e. The molecule has 0 spiro atoms. The largest absolute Gasteiger partial charge is 0.485 e. The van der Waals surface area contributed by atoms with Crippen LogP contribution in [0.5, 0.6) is 5.75 Å². The number of hydrogen-bond acceptors (Lipinski definition) is 7. The molecule has 0 aromatic heterocycles. The van der Waals surface area contributed by atoms with Gasteiger partial charge in [-0.05, 0) is 24.3 Å². The Morgan fingerprint density at radius 1 is 1.12 bits per heavy atom. The van der Waals surface area contributed by atoms with Gasteiger partial charge in [0.05, 0.1) is 9.82 Å². The first kappa shape index (κ1) is 19.9. The van der Waals surface area contributed by atoms with Gasteiger partial charge < -0.3 is 4.74 Å². The van der Waals surface area contributed by atoms with E-state index in [1.165, 1.54) is 0 Å². The third-order valence-corrected chi connectivity index (χ3v) is 5.44. The van der Waals surface area contributed by atoms with Crippen molar-refractivity contribution in [2.75, 3.05) is 18.9 Å². The summed E-state index contributed by atoms with van der Waals surface area (Å²) < 4.78 is 31.8. The number of nitrogens with zero attached hydrogens (tertiary/aromatic N) is 1. The van der Waals surface area contributed by atoms with E-state index in [2.05, 4.69) is 4.72 Å². The number of non-ortho nitro benzene ring substituents is 1. The van der Waals surface area contributed by atoms with Crippen molar-refractivity contribution in [1.82, 2.24) is 4.72 Å². The first-order valence-corrected chi connectivity index (χ1v) is 9.93. The van der Waals surface area contributed by atoms with Crippen LogP contribution in [0.1, 0.15) is 0 Å².